The van der Waals surface area contributed by atoms with Gasteiger partial charge in [0, 0.05) is 5.69 Å². The highest BCUT2D eigenvalue weighted by molar-refractivity contribution is 5.47. The number of nitrogens with two attached hydrogens (primary N) is 1. The zero-order valence-electron chi connectivity index (χ0n) is 8.88. The number of nitrogen functional groups attached to an aromatic ring is 1. The van der Waals surface area contributed by atoms with Crippen molar-refractivity contribution in [2.24, 2.45) is 10.2 Å². The molecule has 2 aromatic rings. The Labute approximate surface area is 94.4 Å². The maximum Gasteiger partial charge on any atom is 0.0858 e. The fourth-order valence-electron chi connectivity index (χ4n) is 1.15. The van der Waals surface area contributed by atoms with E-state index in [0.717, 1.165) is 17.1 Å². The van der Waals surface area contributed by atoms with Crippen molar-refractivity contribution in [2.45, 2.75) is 0 Å². The highest BCUT2D eigenvalue weighted by Gasteiger charge is 1.89. The average Bonchev–Trinajstić information content (AvgIpc) is 2.30. The second-order valence-electron chi connectivity index (χ2n) is 3.13. The Balaban J connectivity index is 0.00000128. The van der Waals surface area contributed by atoms with Gasteiger partial charge in [-0.2, -0.15) is 10.2 Å². The highest BCUT2D eigenvalue weighted by atomic mass is 15.1. The third kappa shape index (κ3) is 3.18. The van der Waals surface area contributed by atoms with Crippen LogP contribution >= 0.6 is 0 Å². The average molecular weight is 214 g/mol. The lowest BCUT2D eigenvalue weighted by atomic mass is 10.3. The summed E-state index contributed by atoms with van der Waals surface area (Å²) in [6.07, 6.45) is 0. The van der Waals surface area contributed by atoms with Crippen molar-refractivity contribution in [3.05, 3.63) is 54.6 Å². The maximum atomic E-state index is 5.56. The van der Waals surface area contributed by atoms with Gasteiger partial charge in [0.15, 0.2) is 0 Å². The van der Waals surface area contributed by atoms with Crippen LogP contribution in [0, 0.1) is 0 Å². The van der Waals surface area contributed by atoms with Crippen LogP contribution in [0.1, 0.15) is 0 Å². The third-order valence-electron chi connectivity index (χ3n) is 1.93. The summed E-state index contributed by atoms with van der Waals surface area (Å²) < 4.78 is 0. The first-order valence-corrected chi connectivity index (χ1v) is 4.67. The molecule has 0 heterocycles. The summed E-state index contributed by atoms with van der Waals surface area (Å²) in [6.45, 7) is 0. The van der Waals surface area contributed by atoms with Crippen LogP contribution < -0.4 is 11.9 Å². The lowest BCUT2D eigenvalue weighted by Crippen LogP contribution is -1.80. The summed E-state index contributed by atoms with van der Waals surface area (Å²) in [7, 11) is 0. The van der Waals surface area contributed by atoms with Crippen LogP contribution in [0.3, 0.4) is 0 Å². The van der Waals surface area contributed by atoms with E-state index in [1.165, 1.54) is 0 Å². The van der Waals surface area contributed by atoms with E-state index in [2.05, 4.69) is 10.2 Å². The molecular formula is C12H14N4. The number of rotatable bonds is 2. The molecule has 82 valence electrons. The molecule has 0 aliphatic heterocycles. The summed E-state index contributed by atoms with van der Waals surface area (Å²) in [5.74, 6) is 0. The van der Waals surface area contributed by atoms with Crippen molar-refractivity contribution in [3.8, 4) is 0 Å². The van der Waals surface area contributed by atoms with Crippen LogP contribution in [-0.2, 0) is 0 Å². The topological polar surface area (TPSA) is 85.7 Å². The molecule has 0 saturated heterocycles. The van der Waals surface area contributed by atoms with Crippen molar-refractivity contribution < 1.29 is 0 Å². The molecule has 0 aliphatic rings. The van der Waals surface area contributed by atoms with Gasteiger partial charge < -0.3 is 11.9 Å². The highest BCUT2D eigenvalue weighted by Crippen LogP contribution is 2.18. The van der Waals surface area contributed by atoms with E-state index < -0.39 is 0 Å². The molecule has 4 nitrogen and oxygen atoms in total. The van der Waals surface area contributed by atoms with Gasteiger partial charge in [-0.15, -0.1) is 0 Å². The molecule has 0 aromatic heterocycles. The predicted molar refractivity (Wildman–Crippen MR) is 66.5 cm³/mol. The summed E-state index contributed by atoms with van der Waals surface area (Å²) in [5.41, 5.74) is 7.93. The minimum Gasteiger partial charge on any atom is -0.399 e. The van der Waals surface area contributed by atoms with E-state index in [9.17, 15) is 0 Å². The zero-order valence-corrected chi connectivity index (χ0v) is 8.88. The summed E-state index contributed by atoms with van der Waals surface area (Å²) in [6, 6.07) is 16.9. The second kappa shape index (κ2) is 5.63. The summed E-state index contributed by atoms with van der Waals surface area (Å²) in [5, 5.41) is 8.18. The molecule has 2 aromatic carbocycles. The van der Waals surface area contributed by atoms with E-state index in [-0.39, 0.29) is 6.15 Å². The van der Waals surface area contributed by atoms with E-state index in [1.54, 1.807) is 12.1 Å². The molecule has 0 fully saturated rings. The Morgan fingerprint density at radius 1 is 0.688 bits per heavy atom. The first-order valence-electron chi connectivity index (χ1n) is 4.67. The van der Waals surface area contributed by atoms with Gasteiger partial charge in [0.25, 0.3) is 0 Å². The van der Waals surface area contributed by atoms with Crippen molar-refractivity contribution in [1.82, 2.24) is 6.15 Å². The minimum absolute atomic E-state index is 0. The predicted octanol–water partition coefficient (Wildman–Crippen LogP) is 3.85. The Morgan fingerprint density at radius 3 is 1.75 bits per heavy atom. The van der Waals surface area contributed by atoms with Crippen LogP contribution in [0.2, 0.25) is 0 Å². The first kappa shape index (κ1) is 11.9. The smallest absolute Gasteiger partial charge is 0.0858 e. The Kier molecular flexibility index (Phi) is 4.17. The maximum absolute atomic E-state index is 5.56. The van der Waals surface area contributed by atoms with Crippen LogP contribution in [0.25, 0.3) is 0 Å². The van der Waals surface area contributed by atoms with Gasteiger partial charge in [-0.05, 0) is 36.4 Å². The van der Waals surface area contributed by atoms with Crippen LogP contribution in [0.5, 0.6) is 0 Å². The van der Waals surface area contributed by atoms with Gasteiger partial charge >= 0.3 is 0 Å². The minimum atomic E-state index is 0. The van der Waals surface area contributed by atoms with Gasteiger partial charge in [0.05, 0.1) is 11.4 Å². The molecule has 0 unspecified atom stereocenters. The van der Waals surface area contributed by atoms with E-state index in [1.807, 2.05) is 42.5 Å². The third-order valence-corrected chi connectivity index (χ3v) is 1.93. The monoisotopic (exact) mass is 214 g/mol. The number of hydrogen-bond donors (Lipinski definition) is 2. The lowest BCUT2D eigenvalue weighted by Gasteiger charge is -1.93. The molecule has 0 aliphatic carbocycles. The Hall–Kier alpha value is -2.20. The van der Waals surface area contributed by atoms with Gasteiger partial charge in [0.1, 0.15) is 0 Å². The zero-order chi connectivity index (χ0) is 10.5. The molecule has 16 heavy (non-hydrogen) atoms. The lowest BCUT2D eigenvalue weighted by molar-refractivity contribution is 1.23. The molecule has 0 amide bonds. The molecule has 0 atom stereocenters. The van der Waals surface area contributed by atoms with Crippen LogP contribution in [-0.4, -0.2) is 0 Å². The number of benzene rings is 2. The van der Waals surface area contributed by atoms with Crippen LogP contribution in [0.4, 0.5) is 17.1 Å². The van der Waals surface area contributed by atoms with E-state index in [4.69, 9.17) is 5.73 Å². The van der Waals surface area contributed by atoms with Crippen molar-refractivity contribution >= 4 is 17.1 Å². The van der Waals surface area contributed by atoms with Gasteiger partial charge in [-0.3, -0.25) is 0 Å². The summed E-state index contributed by atoms with van der Waals surface area (Å²) in [4.78, 5) is 0. The Morgan fingerprint density at radius 2 is 1.19 bits per heavy atom. The fraction of sp³-hybridized carbons (Fsp3) is 0. The SMILES string of the molecule is N.Nc1ccc(N=Nc2ccccc2)cc1. The fourth-order valence-corrected chi connectivity index (χ4v) is 1.15. The van der Waals surface area contributed by atoms with E-state index in [0.29, 0.717) is 0 Å². The van der Waals surface area contributed by atoms with E-state index >= 15 is 0 Å². The summed E-state index contributed by atoms with van der Waals surface area (Å²) >= 11 is 0. The first-order chi connectivity index (χ1) is 7.34. The molecule has 2 rings (SSSR count). The number of azo groups is 1. The largest absolute Gasteiger partial charge is 0.399 e. The molecule has 0 bridgehead atoms. The Bertz CT molecular complexity index is 448. The van der Waals surface area contributed by atoms with Crippen molar-refractivity contribution in [2.75, 3.05) is 5.73 Å². The standard InChI is InChI=1S/C12H11N3.H3N/c13-10-6-8-12(9-7-10)15-14-11-4-2-1-3-5-11;/h1-9H,13H2;1H3. The molecule has 4 heteroatoms. The quantitative estimate of drug-likeness (QED) is 0.587. The van der Waals surface area contributed by atoms with Gasteiger partial charge in [-0.1, -0.05) is 18.2 Å². The van der Waals surface area contributed by atoms with Crippen molar-refractivity contribution in [3.63, 3.8) is 0 Å². The number of hydrogen-bond acceptors (Lipinski definition) is 4. The molecule has 0 spiro atoms. The number of anilines is 1. The number of nitrogens with zero attached hydrogens (tertiary/aromatic N) is 2. The normalized spacial score (nSPS) is 10.0. The van der Waals surface area contributed by atoms with Gasteiger partial charge in [0.2, 0.25) is 0 Å². The molecule has 5 N–H and O–H groups in total. The molecule has 0 radical (unpaired) electrons. The van der Waals surface area contributed by atoms with Crippen LogP contribution in [0.15, 0.2) is 64.8 Å². The molecular weight excluding hydrogens is 200 g/mol. The molecule has 0 saturated carbocycles. The second-order valence-corrected chi connectivity index (χ2v) is 3.13. The van der Waals surface area contributed by atoms with Gasteiger partial charge in [-0.25, -0.2) is 0 Å². The van der Waals surface area contributed by atoms with Crippen molar-refractivity contribution in [1.29, 1.82) is 0 Å².